The van der Waals surface area contributed by atoms with Gasteiger partial charge in [0.05, 0.1) is 13.2 Å². The zero-order chi connectivity index (χ0) is 10.1. The van der Waals surface area contributed by atoms with Crippen LogP contribution in [0, 0.1) is 0 Å². The first kappa shape index (κ1) is 9.19. The highest BCUT2D eigenvalue weighted by molar-refractivity contribution is 5.40. The number of benzene rings is 1. The lowest BCUT2D eigenvalue weighted by Crippen LogP contribution is -2.49. The van der Waals surface area contributed by atoms with Crippen LogP contribution in [0.4, 0.5) is 0 Å². The molecule has 15 heavy (non-hydrogen) atoms. The SMILES string of the molecule is c1ccc2c(c1)OCCC21CNCCO1. The van der Waals surface area contributed by atoms with Crippen LogP contribution in [-0.2, 0) is 10.3 Å². The highest BCUT2D eigenvalue weighted by Crippen LogP contribution is 2.39. The zero-order valence-corrected chi connectivity index (χ0v) is 8.66. The molecule has 2 aliphatic heterocycles. The molecule has 3 rings (SSSR count). The molecule has 0 saturated carbocycles. The van der Waals surface area contributed by atoms with Gasteiger partial charge in [-0.15, -0.1) is 0 Å². The van der Waals surface area contributed by atoms with E-state index in [1.165, 1.54) is 5.56 Å². The fraction of sp³-hybridized carbons (Fsp3) is 0.500. The summed E-state index contributed by atoms with van der Waals surface area (Å²) in [5.74, 6) is 0.979. The Hall–Kier alpha value is -1.06. The molecule has 3 heteroatoms. The van der Waals surface area contributed by atoms with Crippen LogP contribution in [0.5, 0.6) is 5.75 Å². The number of hydrogen-bond donors (Lipinski definition) is 1. The normalized spacial score (nSPS) is 29.6. The molecule has 0 aromatic heterocycles. The Morgan fingerprint density at radius 2 is 2.13 bits per heavy atom. The molecule has 1 atom stereocenters. The van der Waals surface area contributed by atoms with Crippen molar-refractivity contribution >= 4 is 0 Å². The summed E-state index contributed by atoms with van der Waals surface area (Å²) in [6.45, 7) is 3.38. The van der Waals surface area contributed by atoms with Gasteiger partial charge in [0.1, 0.15) is 11.4 Å². The Bertz CT molecular complexity index is 358. The minimum atomic E-state index is -0.146. The van der Waals surface area contributed by atoms with E-state index in [0.29, 0.717) is 0 Å². The molecule has 1 saturated heterocycles. The second-order valence-corrected chi connectivity index (χ2v) is 4.11. The molecule has 2 aliphatic rings. The van der Waals surface area contributed by atoms with Crippen LogP contribution in [0.1, 0.15) is 12.0 Å². The van der Waals surface area contributed by atoms with E-state index in [4.69, 9.17) is 9.47 Å². The van der Waals surface area contributed by atoms with E-state index in [1.54, 1.807) is 0 Å². The summed E-state index contributed by atoms with van der Waals surface area (Å²) in [4.78, 5) is 0. The van der Waals surface area contributed by atoms with Crippen molar-refractivity contribution in [1.82, 2.24) is 5.32 Å². The maximum absolute atomic E-state index is 5.99. The molecule has 1 aromatic carbocycles. The van der Waals surface area contributed by atoms with E-state index in [-0.39, 0.29) is 5.60 Å². The van der Waals surface area contributed by atoms with Gasteiger partial charge in [0.15, 0.2) is 0 Å². The Morgan fingerprint density at radius 1 is 1.20 bits per heavy atom. The Labute approximate surface area is 89.4 Å². The van der Waals surface area contributed by atoms with Crippen molar-refractivity contribution in [2.45, 2.75) is 12.0 Å². The van der Waals surface area contributed by atoms with E-state index in [0.717, 1.165) is 38.5 Å². The minimum absolute atomic E-state index is 0.146. The van der Waals surface area contributed by atoms with Gasteiger partial charge >= 0.3 is 0 Å². The third kappa shape index (κ3) is 1.43. The second-order valence-electron chi connectivity index (χ2n) is 4.11. The highest BCUT2D eigenvalue weighted by Gasteiger charge is 2.39. The maximum atomic E-state index is 5.99. The van der Waals surface area contributed by atoms with E-state index >= 15 is 0 Å². The van der Waals surface area contributed by atoms with Crippen molar-refractivity contribution in [3.05, 3.63) is 29.8 Å². The van der Waals surface area contributed by atoms with Crippen LogP contribution in [0.3, 0.4) is 0 Å². The highest BCUT2D eigenvalue weighted by atomic mass is 16.5. The molecule has 0 bridgehead atoms. The monoisotopic (exact) mass is 205 g/mol. The van der Waals surface area contributed by atoms with Gasteiger partial charge in [-0.1, -0.05) is 18.2 Å². The molecule has 3 nitrogen and oxygen atoms in total. The standard InChI is InChI=1S/C12H15NO2/c1-2-4-11-10(3-1)12(5-7-14-11)9-13-6-8-15-12/h1-4,13H,5-9H2. The number of nitrogens with one attached hydrogen (secondary N) is 1. The van der Waals surface area contributed by atoms with Gasteiger partial charge in [-0.05, 0) is 6.07 Å². The molecular formula is C12H15NO2. The molecule has 1 fully saturated rings. The Balaban J connectivity index is 2.04. The van der Waals surface area contributed by atoms with Gasteiger partial charge in [0, 0.05) is 25.1 Å². The quantitative estimate of drug-likeness (QED) is 0.692. The fourth-order valence-corrected chi connectivity index (χ4v) is 2.42. The smallest absolute Gasteiger partial charge is 0.125 e. The number of hydrogen-bond acceptors (Lipinski definition) is 3. The third-order valence-corrected chi connectivity index (χ3v) is 3.21. The molecule has 1 aromatic rings. The molecule has 0 amide bonds. The van der Waals surface area contributed by atoms with Crippen molar-refractivity contribution < 1.29 is 9.47 Å². The van der Waals surface area contributed by atoms with Gasteiger partial charge in [0.2, 0.25) is 0 Å². The summed E-state index contributed by atoms with van der Waals surface area (Å²) in [5.41, 5.74) is 1.05. The first-order valence-electron chi connectivity index (χ1n) is 5.48. The lowest BCUT2D eigenvalue weighted by Gasteiger charge is -2.41. The van der Waals surface area contributed by atoms with Crippen molar-refractivity contribution in [3.8, 4) is 5.75 Å². The summed E-state index contributed by atoms with van der Waals surface area (Å²) in [7, 11) is 0. The van der Waals surface area contributed by atoms with Crippen molar-refractivity contribution in [1.29, 1.82) is 0 Å². The molecule has 1 N–H and O–H groups in total. The molecular weight excluding hydrogens is 190 g/mol. The van der Waals surface area contributed by atoms with E-state index < -0.39 is 0 Å². The fourth-order valence-electron chi connectivity index (χ4n) is 2.42. The first-order chi connectivity index (χ1) is 7.41. The van der Waals surface area contributed by atoms with Crippen LogP contribution < -0.4 is 10.1 Å². The predicted molar refractivity (Wildman–Crippen MR) is 57.1 cm³/mol. The van der Waals surface area contributed by atoms with Gasteiger partial charge in [-0.25, -0.2) is 0 Å². The number of ether oxygens (including phenoxy) is 2. The lowest BCUT2D eigenvalue weighted by molar-refractivity contribution is -0.0923. The lowest BCUT2D eigenvalue weighted by atomic mass is 9.87. The van der Waals surface area contributed by atoms with Crippen LogP contribution >= 0.6 is 0 Å². The average molecular weight is 205 g/mol. The topological polar surface area (TPSA) is 30.5 Å². The van der Waals surface area contributed by atoms with Gasteiger partial charge in [-0.2, -0.15) is 0 Å². The predicted octanol–water partition coefficient (Wildman–Crippen LogP) is 1.28. The average Bonchev–Trinajstić information content (AvgIpc) is 2.31. The zero-order valence-electron chi connectivity index (χ0n) is 8.66. The Morgan fingerprint density at radius 3 is 3.00 bits per heavy atom. The third-order valence-electron chi connectivity index (χ3n) is 3.21. The van der Waals surface area contributed by atoms with Crippen LogP contribution in [0.15, 0.2) is 24.3 Å². The summed E-state index contributed by atoms with van der Waals surface area (Å²) in [6, 6.07) is 8.19. The molecule has 0 aliphatic carbocycles. The number of fused-ring (bicyclic) bond motifs is 2. The number of morpholine rings is 1. The molecule has 0 radical (unpaired) electrons. The van der Waals surface area contributed by atoms with Crippen LogP contribution in [0.25, 0.3) is 0 Å². The van der Waals surface area contributed by atoms with E-state index in [2.05, 4.69) is 11.4 Å². The van der Waals surface area contributed by atoms with E-state index in [1.807, 2.05) is 18.2 Å². The first-order valence-corrected chi connectivity index (χ1v) is 5.48. The second kappa shape index (κ2) is 3.51. The van der Waals surface area contributed by atoms with Gasteiger partial charge in [0.25, 0.3) is 0 Å². The summed E-state index contributed by atoms with van der Waals surface area (Å²) < 4.78 is 11.6. The molecule has 1 spiro atoms. The van der Waals surface area contributed by atoms with E-state index in [9.17, 15) is 0 Å². The number of para-hydroxylation sites is 1. The van der Waals surface area contributed by atoms with Crippen molar-refractivity contribution in [2.75, 3.05) is 26.3 Å². The number of rotatable bonds is 0. The van der Waals surface area contributed by atoms with Crippen LogP contribution in [-0.4, -0.2) is 26.3 Å². The van der Waals surface area contributed by atoms with Crippen molar-refractivity contribution in [2.24, 2.45) is 0 Å². The summed E-state index contributed by atoms with van der Waals surface area (Å²) >= 11 is 0. The minimum Gasteiger partial charge on any atom is -0.493 e. The Kier molecular flexibility index (Phi) is 2.15. The summed E-state index contributed by atoms with van der Waals surface area (Å²) in [6.07, 6.45) is 0.941. The maximum Gasteiger partial charge on any atom is 0.125 e. The van der Waals surface area contributed by atoms with Gasteiger partial charge < -0.3 is 14.8 Å². The molecule has 80 valence electrons. The van der Waals surface area contributed by atoms with Crippen LogP contribution in [0.2, 0.25) is 0 Å². The molecule has 2 heterocycles. The summed E-state index contributed by atoms with van der Waals surface area (Å²) in [5, 5.41) is 3.41. The van der Waals surface area contributed by atoms with Crippen molar-refractivity contribution in [3.63, 3.8) is 0 Å². The largest absolute Gasteiger partial charge is 0.493 e. The van der Waals surface area contributed by atoms with Gasteiger partial charge in [-0.3, -0.25) is 0 Å². The molecule has 1 unspecified atom stereocenters.